The molecule has 0 aromatic rings. The molecule has 2 fully saturated rings. The maximum absolute atomic E-state index is 11.5. The van der Waals surface area contributed by atoms with Crippen LogP contribution in [0.5, 0.6) is 0 Å². The molecule has 8 nitrogen and oxygen atoms in total. The lowest BCUT2D eigenvalue weighted by atomic mass is 10.1. The summed E-state index contributed by atoms with van der Waals surface area (Å²) in [4.78, 5) is 34.1. The smallest absolute Gasteiger partial charge is 0.303 e. The van der Waals surface area contributed by atoms with Crippen LogP contribution in [0.15, 0.2) is 0 Å². The summed E-state index contributed by atoms with van der Waals surface area (Å²) in [6, 6.07) is 0. The molecule has 0 radical (unpaired) electrons. The van der Waals surface area contributed by atoms with E-state index in [1.54, 1.807) is 13.8 Å². The normalized spacial score (nSPS) is 32.0. The molecule has 9 heteroatoms. The van der Waals surface area contributed by atoms with E-state index in [1.807, 2.05) is 0 Å². The third-order valence-electron chi connectivity index (χ3n) is 3.46. The molecule has 0 unspecified atom stereocenters. The molecule has 0 aromatic heterocycles. The maximum Gasteiger partial charge on any atom is 0.303 e. The minimum atomic E-state index is -0.863. The molecule has 0 amide bonds. The van der Waals surface area contributed by atoms with Gasteiger partial charge in [0.1, 0.15) is 12.7 Å². The highest BCUT2D eigenvalue weighted by Gasteiger charge is 2.58. The Morgan fingerprint density at radius 3 is 2.33 bits per heavy atom. The first-order valence-electron chi connectivity index (χ1n) is 7.58. The van der Waals surface area contributed by atoms with Crippen molar-refractivity contribution in [2.24, 2.45) is 0 Å². The molecule has 5 atom stereocenters. The highest BCUT2D eigenvalue weighted by atomic mass is 32.2. The van der Waals surface area contributed by atoms with Gasteiger partial charge < -0.3 is 23.7 Å². The van der Waals surface area contributed by atoms with Crippen molar-refractivity contribution in [2.45, 2.75) is 70.3 Å². The minimum Gasteiger partial charge on any atom is -0.465 e. The Hall–Kier alpha value is -1.16. The molecule has 0 aliphatic carbocycles. The Morgan fingerprint density at radius 1 is 1.12 bits per heavy atom. The highest BCUT2D eigenvalue weighted by Crippen LogP contribution is 2.41. The van der Waals surface area contributed by atoms with E-state index in [2.05, 4.69) is 0 Å². The van der Waals surface area contributed by atoms with E-state index >= 15 is 0 Å². The maximum atomic E-state index is 11.5. The molecule has 0 aromatic carbocycles. The van der Waals surface area contributed by atoms with Gasteiger partial charge in [-0.2, -0.15) is 0 Å². The quantitative estimate of drug-likeness (QED) is 0.664. The fourth-order valence-corrected chi connectivity index (χ4v) is 3.65. The van der Waals surface area contributed by atoms with Crippen LogP contribution in [0.2, 0.25) is 0 Å². The second kappa shape index (κ2) is 7.38. The zero-order valence-corrected chi connectivity index (χ0v) is 15.1. The summed E-state index contributed by atoms with van der Waals surface area (Å²) >= 11 is 0.965. The lowest BCUT2D eigenvalue weighted by Gasteiger charge is -2.29. The van der Waals surface area contributed by atoms with Crippen LogP contribution in [0.25, 0.3) is 0 Å². The van der Waals surface area contributed by atoms with Gasteiger partial charge in [0.15, 0.2) is 29.4 Å². The summed E-state index contributed by atoms with van der Waals surface area (Å²) in [5.41, 5.74) is 0. The first-order valence-corrected chi connectivity index (χ1v) is 8.46. The monoisotopic (exact) mass is 362 g/mol. The SMILES string of the molecule is CC(=O)OC[C@H](SC(C)=O)[C@@H]1O[C@@H]2OC(C)(C)O[C@@H]2[C@H]1OC(C)=O. The van der Waals surface area contributed by atoms with Crippen LogP contribution in [0.3, 0.4) is 0 Å². The predicted octanol–water partition coefficient (Wildman–Crippen LogP) is 1.01. The largest absolute Gasteiger partial charge is 0.465 e. The standard InChI is InChI=1S/C15H22O8S/c1-7(16)19-6-10(24-9(3)18)11-12(20-8(2)17)13-14(21-11)23-15(4,5)22-13/h10-14H,6H2,1-5H3/t10-,11-,12-,13+,14+/m0/s1. The zero-order valence-electron chi connectivity index (χ0n) is 14.3. The van der Waals surface area contributed by atoms with E-state index in [9.17, 15) is 14.4 Å². The van der Waals surface area contributed by atoms with Crippen LogP contribution in [-0.4, -0.2) is 59.3 Å². The van der Waals surface area contributed by atoms with Crippen molar-refractivity contribution in [2.75, 3.05) is 6.61 Å². The van der Waals surface area contributed by atoms with Crippen LogP contribution < -0.4 is 0 Å². The molecule has 2 rings (SSSR count). The fourth-order valence-electron chi connectivity index (χ4n) is 2.74. The van der Waals surface area contributed by atoms with Gasteiger partial charge in [0.25, 0.3) is 0 Å². The van der Waals surface area contributed by atoms with E-state index in [0.717, 1.165) is 11.8 Å². The predicted molar refractivity (Wildman–Crippen MR) is 82.9 cm³/mol. The molecule has 0 saturated carbocycles. The van der Waals surface area contributed by atoms with Crippen LogP contribution in [0.4, 0.5) is 0 Å². The lowest BCUT2D eigenvalue weighted by Crippen LogP contribution is -2.44. The van der Waals surface area contributed by atoms with Crippen molar-refractivity contribution in [1.82, 2.24) is 0 Å². The Balaban J connectivity index is 2.19. The number of hydrogen-bond donors (Lipinski definition) is 0. The van der Waals surface area contributed by atoms with Crippen molar-refractivity contribution in [3.63, 3.8) is 0 Å². The number of carbonyl (C=O) groups excluding carboxylic acids is 3. The summed E-state index contributed by atoms with van der Waals surface area (Å²) in [5, 5.41) is -0.715. The van der Waals surface area contributed by atoms with Crippen molar-refractivity contribution >= 4 is 28.8 Å². The van der Waals surface area contributed by atoms with Gasteiger partial charge in [-0.25, -0.2) is 0 Å². The number of rotatable bonds is 5. The van der Waals surface area contributed by atoms with Crippen molar-refractivity contribution in [3.8, 4) is 0 Å². The highest BCUT2D eigenvalue weighted by molar-refractivity contribution is 8.14. The van der Waals surface area contributed by atoms with E-state index in [0.29, 0.717) is 0 Å². The Labute approximate surface area is 144 Å². The molecule has 2 heterocycles. The van der Waals surface area contributed by atoms with E-state index < -0.39 is 47.6 Å². The summed E-state index contributed by atoms with van der Waals surface area (Å²) in [5.74, 6) is -1.83. The minimum absolute atomic E-state index is 0.0507. The van der Waals surface area contributed by atoms with Crippen LogP contribution >= 0.6 is 11.8 Å². The molecular formula is C15H22O8S. The molecule has 0 N–H and O–H groups in total. The number of ether oxygens (including phenoxy) is 5. The number of esters is 2. The fraction of sp³-hybridized carbons (Fsp3) is 0.800. The average molecular weight is 362 g/mol. The first-order chi connectivity index (χ1) is 11.1. The Morgan fingerprint density at radius 2 is 1.79 bits per heavy atom. The third kappa shape index (κ3) is 4.69. The third-order valence-corrected chi connectivity index (χ3v) is 4.50. The summed E-state index contributed by atoms with van der Waals surface area (Å²) in [6.07, 6.45) is -2.79. The molecule has 2 aliphatic heterocycles. The van der Waals surface area contributed by atoms with E-state index in [4.69, 9.17) is 23.7 Å². The summed E-state index contributed by atoms with van der Waals surface area (Å²) in [6.45, 7) is 7.37. The second-order valence-corrected chi connectivity index (χ2v) is 7.51. The molecular weight excluding hydrogens is 340 g/mol. The Bertz CT molecular complexity index is 520. The molecule has 2 aliphatic rings. The van der Waals surface area contributed by atoms with Crippen molar-refractivity contribution in [1.29, 1.82) is 0 Å². The lowest BCUT2D eigenvalue weighted by molar-refractivity contribution is -0.219. The van der Waals surface area contributed by atoms with E-state index in [-0.39, 0.29) is 11.7 Å². The molecule has 0 bridgehead atoms. The topological polar surface area (TPSA) is 97.4 Å². The van der Waals surface area contributed by atoms with Crippen molar-refractivity contribution < 1.29 is 38.1 Å². The second-order valence-electron chi connectivity index (χ2n) is 6.09. The molecule has 2 saturated heterocycles. The summed E-state index contributed by atoms with van der Waals surface area (Å²) < 4.78 is 27.7. The van der Waals surface area contributed by atoms with Crippen molar-refractivity contribution in [3.05, 3.63) is 0 Å². The number of carbonyl (C=O) groups is 3. The Kier molecular flexibility index (Phi) is 5.90. The zero-order chi connectivity index (χ0) is 18.1. The molecule has 24 heavy (non-hydrogen) atoms. The molecule has 136 valence electrons. The number of thioether (sulfide) groups is 1. The van der Waals surface area contributed by atoms with Crippen LogP contribution in [0.1, 0.15) is 34.6 Å². The van der Waals surface area contributed by atoms with Gasteiger partial charge in [-0.3, -0.25) is 14.4 Å². The van der Waals surface area contributed by atoms with Gasteiger partial charge in [0, 0.05) is 20.8 Å². The average Bonchev–Trinajstić information content (AvgIpc) is 2.87. The summed E-state index contributed by atoms with van der Waals surface area (Å²) in [7, 11) is 0. The number of fused-ring (bicyclic) bond motifs is 1. The van der Waals surface area contributed by atoms with E-state index in [1.165, 1.54) is 20.8 Å². The van der Waals surface area contributed by atoms with Gasteiger partial charge in [-0.1, -0.05) is 11.8 Å². The van der Waals surface area contributed by atoms with Gasteiger partial charge >= 0.3 is 11.9 Å². The van der Waals surface area contributed by atoms with Gasteiger partial charge in [-0.05, 0) is 13.8 Å². The van der Waals surface area contributed by atoms with Crippen LogP contribution in [0, 0.1) is 0 Å². The molecule has 0 spiro atoms. The number of hydrogen-bond acceptors (Lipinski definition) is 9. The van der Waals surface area contributed by atoms with Gasteiger partial charge in [0.05, 0.1) is 5.25 Å². The van der Waals surface area contributed by atoms with Gasteiger partial charge in [0.2, 0.25) is 0 Å². The van der Waals surface area contributed by atoms with Crippen LogP contribution in [-0.2, 0) is 38.1 Å². The first kappa shape index (κ1) is 19.2. The van der Waals surface area contributed by atoms with Gasteiger partial charge in [-0.15, -0.1) is 0 Å².